The Morgan fingerprint density at radius 1 is 1.44 bits per heavy atom. The molecule has 0 aliphatic carbocycles. The molecule has 0 aliphatic heterocycles. The van der Waals surface area contributed by atoms with Crippen LogP contribution in [0.25, 0.3) is 0 Å². The number of nitrogens with zero attached hydrogens (tertiary/aromatic N) is 1. The van der Waals surface area contributed by atoms with Crippen LogP contribution in [-0.2, 0) is 0 Å². The smallest absolute Gasteiger partial charge is 0.165 e. The molecule has 18 heavy (non-hydrogen) atoms. The van der Waals surface area contributed by atoms with Crippen molar-refractivity contribution in [1.29, 1.82) is 0 Å². The Balaban J connectivity index is 2.36. The zero-order valence-corrected chi connectivity index (χ0v) is 11.3. The second-order valence-corrected chi connectivity index (χ2v) is 5.16. The van der Waals surface area contributed by atoms with Crippen LogP contribution in [0.2, 0.25) is 0 Å². The van der Waals surface area contributed by atoms with Crippen molar-refractivity contribution in [2.45, 2.75) is 13.0 Å². The number of benzene rings is 1. The minimum atomic E-state index is -0.350. The van der Waals surface area contributed by atoms with Crippen LogP contribution in [0.4, 0.5) is 4.39 Å². The first-order chi connectivity index (χ1) is 8.65. The Morgan fingerprint density at radius 3 is 2.72 bits per heavy atom. The van der Waals surface area contributed by atoms with Gasteiger partial charge in [0.2, 0.25) is 0 Å². The summed E-state index contributed by atoms with van der Waals surface area (Å²) in [5.74, 6) is -0.0921. The molecule has 0 fully saturated rings. The van der Waals surface area contributed by atoms with E-state index in [1.54, 1.807) is 17.4 Å². The molecule has 96 valence electrons. The molecule has 1 unspecified atom stereocenters. The Hall–Kier alpha value is -1.46. The fourth-order valence-corrected chi connectivity index (χ4v) is 2.77. The van der Waals surface area contributed by atoms with Gasteiger partial charge in [0.15, 0.2) is 11.6 Å². The van der Waals surface area contributed by atoms with Crippen molar-refractivity contribution in [2.75, 3.05) is 14.2 Å². The average molecular weight is 266 g/mol. The molecular weight excluding hydrogens is 251 g/mol. The maximum Gasteiger partial charge on any atom is 0.165 e. The van der Waals surface area contributed by atoms with Crippen LogP contribution < -0.4 is 10.1 Å². The minimum absolute atomic E-state index is 0.0448. The van der Waals surface area contributed by atoms with E-state index in [-0.39, 0.29) is 17.6 Å². The third-order valence-corrected chi connectivity index (χ3v) is 3.70. The standard InChI is InChI=1S/C13H15FN2OS/c1-8-16-7-12(18-8)13(15-2)9-4-5-11(17-3)10(14)6-9/h4-7,13,15H,1-3H3. The largest absolute Gasteiger partial charge is 0.494 e. The van der Waals surface area contributed by atoms with E-state index in [1.807, 2.05) is 26.2 Å². The van der Waals surface area contributed by atoms with Crippen LogP contribution >= 0.6 is 11.3 Å². The van der Waals surface area contributed by atoms with E-state index in [1.165, 1.54) is 13.2 Å². The molecule has 0 amide bonds. The number of nitrogens with one attached hydrogen (secondary N) is 1. The Labute approximate surface area is 110 Å². The summed E-state index contributed by atoms with van der Waals surface area (Å²) in [6.07, 6.45) is 1.82. The number of rotatable bonds is 4. The van der Waals surface area contributed by atoms with Gasteiger partial charge >= 0.3 is 0 Å². The third kappa shape index (κ3) is 2.52. The zero-order valence-electron chi connectivity index (χ0n) is 10.5. The van der Waals surface area contributed by atoms with E-state index in [4.69, 9.17) is 4.74 Å². The van der Waals surface area contributed by atoms with E-state index >= 15 is 0 Å². The second-order valence-electron chi connectivity index (χ2n) is 3.90. The van der Waals surface area contributed by atoms with Crippen molar-refractivity contribution in [2.24, 2.45) is 0 Å². The van der Waals surface area contributed by atoms with E-state index in [2.05, 4.69) is 10.3 Å². The molecule has 0 bridgehead atoms. The molecule has 2 rings (SSSR count). The van der Waals surface area contributed by atoms with Gasteiger partial charge < -0.3 is 10.1 Å². The third-order valence-electron chi connectivity index (χ3n) is 2.72. The van der Waals surface area contributed by atoms with Crippen LogP contribution in [0.5, 0.6) is 5.75 Å². The van der Waals surface area contributed by atoms with Gasteiger partial charge in [-0.05, 0) is 31.7 Å². The monoisotopic (exact) mass is 266 g/mol. The fraction of sp³-hybridized carbons (Fsp3) is 0.308. The molecular formula is C13H15FN2OS. The van der Waals surface area contributed by atoms with Gasteiger partial charge in [-0.25, -0.2) is 9.37 Å². The van der Waals surface area contributed by atoms with Crippen LogP contribution in [0.3, 0.4) is 0 Å². The fourth-order valence-electron chi connectivity index (χ4n) is 1.85. The van der Waals surface area contributed by atoms with Crippen LogP contribution in [0.15, 0.2) is 24.4 Å². The average Bonchev–Trinajstić information content (AvgIpc) is 2.77. The SMILES string of the molecule is CNC(c1ccc(OC)c(F)c1)c1cnc(C)s1. The zero-order chi connectivity index (χ0) is 13.1. The lowest BCUT2D eigenvalue weighted by atomic mass is 10.1. The summed E-state index contributed by atoms with van der Waals surface area (Å²) in [4.78, 5) is 5.30. The van der Waals surface area contributed by atoms with Crippen molar-refractivity contribution in [3.8, 4) is 5.75 Å². The van der Waals surface area contributed by atoms with Crippen molar-refractivity contribution in [3.05, 3.63) is 45.7 Å². The normalized spacial score (nSPS) is 12.4. The maximum atomic E-state index is 13.7. The number of aryl methyl sites for hydroxylation is 1. The predicted molar refractivity (Wildman–Crippen MR) is 70.7 cm³/mol. The van der Waals surface area contributed by atoms with E-state index < -0.39 is 0 Å². The van der Waals surface area contributed by atoms with Crippen molar-refractivity contribution < 1.29 is 9.13 Å². The van der Waals surface area contributed by atoms with E-state index in [0.717, 1.165) is 15.4 Å². The first-order valence-corrected chi connectivity index (χ1v) is 6.40. The number of aromatic nitrogens is 1. The summed E-state index contributed by atoms with van der Waals surface area (Å²) in [6.45, 7) is 1.95. The molecule has 3 nitrogen and oxygen atoms in total. The van der Waals surface area contributed by atoms with Gasteiger partial charge in [-0.2, -0.15) is 0 Å². The van der Waals surface area contributed by atoms with Gasteiger partial charge in [-0.1, -0.05) is 6.07 Å². The van der Waals surface area contributed by atoms with Gasteiger partial charge in [0, 0.05) is 11.1 Å². The number of hydrogen-bond acceptors (Lipinski definition) is 4. The van der Waals surface area contributed by atoms with E-state index in [9.17, 15) is 4.39 Å². The first-order valence-electron chi connectivity index (χ1n) is 5.58. The quantitative estimate of drug-likeness (QED) is 0.924. The minimum Gasteiger partial charge on any atom is -0.494 e. The van der Waals surface area contributed by atoms with Gasteiger partial charge in [0.05, 0.1) is 18.2 Å². The molecule has 1 N–H and O–H groups in total. The van der Waals surface area contributed by atoms with Gasteiger partial charge in [-0.15, -0.1) is 11.3 Å². The number of ether oxygens (including phenoxy) is 1. The summed E-state index contributed by atoms with van der Waals surface area (Å²) in [6, 6.07) is 4.95. The Morgan fingerprint density at radius 2 is 2.22 bits per heavy atom. The molecule has 5 heteroatoms. The molecule has 1 atom stereocenters. The summed E-state index contributed by atoms with van der Waals surface area (Å²) in [5.41, 5.74) is 0.861. The summed E-state index contributed by atoms with van der Waals surface area (Å²) in [7, 11) is 3.31. The molecule has 0 saturated carbocycles. The second kappa shape index (κ2) is 5.46. The Kier molecular flexibility index (Phi) is 3.93. The molecule has 2 aromatic rings. The Bertz CT molecular complexity index is 542. The predicted octanol–water partition coefficient (Wildman–Crippen LogP) is 2.91. The lowest BCUT2D eigenvalue weighted by Gasteiger charge is -2.15. The summed E-state index contributed by atoms with van der Waals surface area (Å²) >= 11 is 1.60. The lowest BCUT2D eigenvalue weighted by molar-refractivity contribution is 0.386. The highest BCUT2D eigenvalue weighted by Gasteiger charge is 2.16. The highest BCUT2D eigenvalue weighted by molar-refractivity contribution is 7.11. The summed E-state index contributed by atoms with van der Waals surface area (Å²) in [5, 5.41) is 4.17. The number of halogens is 1. The molecule has 0 saturated heterocycles. The van der Waals surface area contributed by atoms with E-state index in [0.29, 0.717) is 0 Å². The summed E-state index contributed by atoms with van der Waals surface area (Å²) < 4.78 is 18.6. The number of thiazole rings is 1. The van der Waals surface area contributed by atoms with Gasteiger partial charge in [0.1, 0.15) is 0 Å². The molecule has 0 radical (unpaired) electrons. The highest BCUT2D eigenvalue weighted by atomic mass is 32.1. The van der Waals surface area contributed by atoms with Crippen LogP contribution in [0.1, 0.15) is 21.5 Å². The van der Waals surface area contributed by atoms with Crippen LogP contribution in [-0.4, -0.2) is 19.1 Å². The number of hydrogen-bond donors (Lipinski definition) is 1. The lowest BCUT2D eigenvalue weighted by Crippen LogP contribution is -2.16. The topological polar surface area (TPSA) is 34.1 Å². The van der Waals surface area contributed by atoms with Crippen molar-refractivity contribution in [1.82, 2.24) is 10.3 Å². The first kappa shape index (κ1) is 13.0. The molecule has 1 aromatic heterocycles. The van der Waals surface area contributed by atoms with Gasteiger partial charge in [-0.3, -0.25) is 0 Å². The molecule has 0 spiro atoms. The molecule has 1 aromatic carbocycles. The van der Waals surface area contributed by atoms with Crippen molar-refractivity contribution >= 4 is 11.3 Å². The van der Waals surface area contributed by atoms with Gasteiger partial charge in [0.25, 0.3) is 0 Å². The highest BCUT2D eigenvalue weighted by Crippen LogP contribution is 2.29. The molecule has 0 aliphatic rings. The number of methoxy groups -OCH3 is 1. The molecule has 1 heterocycles. The van der Waals surface area contributed by atoms with Crippen LogP contribution in [0, 0.1) is 12.7 Å². The van der Waals surface area contributed by atoms with Crippen molar-refractivity contribution in [3.63, 3.8) is 0 Å². The maximum absolute atomic E-state index is 13.7.